The first-order chi connectivity index (χ1) is 11.8. The highest BCUT2D eigenvalue weighted by molar-refractivity contribution is 7.99. The van der Waals surface area contributed by atoms with E-state index in [4.69, 9.17) is 4.42 Å². The van der Waals surface area contributed by atoms with Gasteiger partial charge in [0, 0.05) is 16.3 Å². The molecule has 0 saturated heterocycles. The first-order valence-electron chi connectivity index (χ1n) is 7.30. The summed E-state index contributed by atoms with van der Waals surface area (Å²) in [6.45, 7) is 0.565. The maximum Gasteiger partial charge on any atom is 0.337 e. The number of hydrogen-bond acceptors (Lipinski definition) is 6. The highest BCUT2D eigenvalue weighted by atomic mass is 32.2. The minimum Gasteiger partial charge on any atom is -0.423 e. The van der Waals surface area contributed by atoms with E-state index in [0.717, 1.165) is 15.8 Å². The van der Waals surface area contributed by atoms with Crippen molar-refractivity contribution in [3.05, 3.63) is 76.6 Å². The van der Waals surface area contributed by atoms with Gasteiger partial charge in [-0.2, -0.15) is 0 Å². The number of aromatic nitrogens is 4. The largest absolute Gasteiger partial charge is 0.423 e. The van der Waals surface area contributed by atoms with Gasteiger partial charge in [0.05, 0.1) is 6.54 Å². The summed E-state index contributed by atoms with van der Waals surface area (Å²) in [6, 6.07) is 18.8. The van der Waals surface area contributed by atoms with E-state index in [1.807, 2.05) is 48.5 Å². The molecule has 2 aromatic carbocycles. The highest BCUT2D eigenvalue weighted by Gasteiger charge is 2.12. The lowest BCUT2D eigenvalue weighted by atomic mass is 10.2. The number of fused-ring (bicyclic) bond motifs is 1. The second-order valence-electron chi connectivity index (χ2n) is 5.13. The number of rotatable bonds is 4. The second-order valence-corrected chi connectivity index (χ2v) is 6.14. The van der Waals surface area contributed by atoms with Crippen molar-refractivity contribution >= 4 is 22.7 Å². The van der Waals surface area contributed by atoms with Gasteiger partial charge in [0.2, 0.25) is 5.16 Å². The molecule has 2 heterocycles. The van der Waals surface area contributed by atoms with E-state index >= 15 is 0 Å². The molecule has 0 saturated carbocycles. The summed E-state index contributed by atoms with van der Waals surface area (Å²) in [6.07, 6.45) is 0. The van der Waals surface area contributed by atoms with E-state index in [-0.39, 0.29) is 0 Å². The fourth-order valence-corrected chi connectivity index (χ4v) is 3.30. The van der Waals surface area contributed by atoms with Crippen molar-refractivity contribution in [2.75, 3.05) is 0 Å². The summed E-state index contributed by atoms with van der Waals surface area (Å²) in [4.78, 5) is 12.5. The summed E-state index contributed by atoms with van der Waals surface area (Å²) in [7, 11) is 0. The molecule has 0 atom stereocenters. The maximum absolute atomic E-state index is 11.8. The van der Waals surface area contributed by atoms with Crippen LogP contribution in [-0.2, 0) is 6.54 Å². The van der Waals surface area contributed by atoms with E-state index in [1.165, 1.54) is 17.8 Å². The fourth-order valence-electron chi connectivity index (χ4n) is 2.39. The van der Waals surface area contributed by atoms with Crippen LogP contribution in [0, 0.1) is 0 Å². The van der Waals surface area contributed by atoms with Crippen LogP contribution in [0.4, 0.5) is 0 Å². The Balaban J connectivity index is 1.70. The van der Waals surface area contributed by atoms with Crippen LogP contribution in [0.15, 0.2) is 79.9 Å². The van der Waals surface area contributed by atoms with Crippen LogP contribution in [0.1, 0.15) is 5.56 Å². The minimum absolute atomic E-state index is 0.390. The highest BCUT2D eigenvalue weighted by Crippen LogP contribution is 2.31. The van der Waals surface area contributed by atoms with Crippen LogP contribution in [-0.4, -0.2) is 20.2 Å². The SMILES string of the molecule is O=c1cc(Sc2nnnn2Cc2ccccc2)c2ccccc2o1. The van der Waals surface area contributed by atoms with E-state index in [0.29, 0.717) is 17.3 Å². The third kappa shape index (κ3) is 2.93. The van der Waals surface area contributed by atoms with E-state index in [9.17, 15) is 4.79 Å². The van der Waals surface area contributed by atoms with Crippen molar-refractivity contribution in [1.29, 1.82) is 0 Å². The predicted molar refractivity (Wildman–Crippen MR) is 90.0 cm³/mol. The number of benzene rings is 2. The Kier molecular flexibility index (Phi) is 3.84. The minimum atomic E-state index is -0.390. The molecular weight excluding hydrogens is 324 g/mol. The molecule has 2 aromatic heterocycles. The van der Waals surface area contributed by atoms with Crippen molar-refractivity contribution in [2.45, 2.75) is 16.6 Å². The first-order valence-corrected chi connectivity index (χ1v) is 8.12. The van der Waals surface area contributed by atoms with Crippen molar-refractivity contribution in [2.24, 2.45) is 0 Å². The molecule has 0 unspecified atom stereocenters. The first kappa shape index (κ1) is 14.6. The monoisotopic (exact) mass is 336 g/mol. The van der Waals surface area contributed by atoms with E-state index in [2.05, 4.69) is 15.5 Å². The Bertz CT molecular complexity index is 1040. The van der Waals surface area contributed by atoms with Crippen LogP contribution in [0.3, 0.4) is 0 Å². The molecule has 0 aliphatic rings. The average Bonchev–Trinajstić information content (AvgIpc) is 3.02. The molecule has 0 bridgehead atoms. The molecule has 24 heavy (non-hydrogen) atoms. The topological polar surface area (TPSA) is 73.8 Å². The zero-order chi connectivity index (χ0) is 16.4. The van der Waals surface area contributed by atoms with Crippen molar-refractivity contribution < 1.29 is 4.42 Å². The quantitative estimate of drug-likeness (QED) is 0.533. The fraction of sp³-hybridized carbons (Fsp3) is 0.0588. The molecule has 0 aliphatic carbocycles. The molecule has 0 amide bonds. The molecule has 0 aliphatic heterocycles. The molecular formula is C17H12N4O2S. The van der Waals surface area contributed by atoms with Gasteiger partial charge >= 0.3 is 5.63 Å². The molecule has 0 fully saturated rings. The second kappa shape index (κ2) is 6.29. The van der Waals surface area contributed by atoms with Gasteiger partial charge in [-0.05, 0) is 33.8 Å². The Hall–Kier alpha value is -2.93. The van der Waals surface area contributed by atoms with Crippen molar-refractivity contribution in [1.82, 2.24) is 20.2 Å². The van der Waals surface area contributed by atoms with Crippen LogP contribution in [0.5, 0.6) is 0 Å². The average molecular weight is 336 g/mol. The molecule has 7 heteroatoms. The summed E-state index contributed by atoms with van der Waals surface area (Å²) >= 11 is 1.35. The molecule has 0 radical (unpaired) electrons. The van der Waals surface area contributed by atoms with Crippen LogP contribution in [0.25, 0.3) is 11.0 Å². The third-order valence-corrected chi connectivity index (χ3v) is 4.52. The van der Waals surface area contributed by atoms with Gasteiger partial charge in [0.25, 0.3) is 0 Å². The lowest BCUT2D eigenvalue weighted by Crippen LogP contribution is -2.04. The van der Waals surface area contributed by atoms with Crippen LogP contribution in [0.2, 0.25) is 0 Å². The van der Waals surface area contributed by atoms with Gasteiger partial charge in [-0.25, -0.2) is 9.48 Å². The maximum atomic E-state index is 11.8. The normalized spacial score (nSPS) is 11.0. The van der Waals surface area contributed by atoms with Gasteiger partial charge in [0.15, 0.2) is 0 Å². The van der Waals surface area contributed by atoms with Gasteiger partial charge in [-0.1, -0.05) is 48.5 Å². The Labute approximate surface area is 141 Å². The summed E-state index contributed by atoms with van der Waals surface area (Å²) < 4.78 is 6.93. The zero-order valence-corrected chi connectivity index (χ0v) is 13.3. The van der Waals surface area contributed by atoms with Gasteiger partial charge in [0.1, 0.15) is 5.58 Å². The van der Waals surface area contributed by atoms with Crippen LogP contribution >= 0.6 is 11.8 Å². The molecule has 118 valence electrons. The van der Waals surface area contributed by atoms with Gasteiger partial charge in [-0.3, -0.25) is 0 Å². The molecule has 4 aromatic rings. The van der Waals surface area contributed by atoms with E-state index < -0.39 is 5.63 Å². The van der Waals surface area contributed by atoms with Crippen molar-refractivity contribution in [3.63, 3.8) is 0 Å². The summed E-state index contributed by atoms with van der Waals surface area (Å²) in [5.41, 5.74) is 1.26. The Morgan fingerprint density at radius 3 is 2.71 bits per heavy atom. The zero-order valence-electron chi connectivity index (χ0n) is 12.5. The third-order valence-electron chi connectivity index (χ3n) is 3.49. The smallest absolute Gasteiger partial charge is 0.337 e. The van der Waals surface area contributed by atoms with Gasteiger partial charge < -0.3 is 4.42 Å². The number of nitrogens with zero attached hydrogens (tertiary/aromatic N) is 4. The summed E-state index contributed by atoms with van der Waals surface area (Å²) in [5.74, 6) is 0. The standard InChI is InChI=1S/C17H12N4O2S/c22-16-10-15(13-8-4-5-9-14(13)23-16)24-17-18-19-20-21(17)11-12-6-2-1-3-7-12/h1-10H,11H2. The van der Waals surface area contributed by atoms with Gasteiger partial charge in [-0.15, -0.1) is 5.10 Å². The molecule has 4 rings (SSSR count). The molecule has 0 spiro atoms. The lowest BCUT2D eigenvalue weighted by Gasteiger charge is -2.06. The Morgan fingerprint density at radius 2 is 1.83 bits per heavy atom. The molecule has 6 nitrogen and oxygen atoms in total. The van der Waals surface area contributed by atoms with E-state index in [1.54, 1.807) is 10.7 Å². The summed E-state index contributed by atoms with van der Waals surface area (Å²) in [5, 5.41) is 13.4. The Morgan fingerprint density at radius 1 is 1.04 bits per heavy atom. The molecule has 0 N–H and O–H groups in total. The van der Waals surface area contributed by atoms with Crippen molar-refractivity contribution in [3.8, 4) is 0 Å². The predicted octanol–water partition coefficient (Wildman–Crippen LogP) is 2.98. The lowest BCUT2D eigenvalue weighted by molar-refractivity contribution is 0.557. The van der Waals surface area contributed by atoms with Crippen LogP contribution < -0.4 is 5.63 Å². The number of tetrazole rings is 1. The number of hydrogen-bond donors (Lipinski definition) is 0. The number of para-hydroxylation sites is 1.